The van der Waals surface area contributed by atoms with E-state index < -0.39 is 0 Å². The predicted molar refractivity (Wildman–Crippen MR) is 41.2 cm³/mol. The number of hydrogen-bond donors (Lipinski definition) is 2. The van der Waals surface area contributed by atoms with E-state index in [1.807, 2.05) is 0 Å². The molecule has 0 aromatic heterocycles. The summed E-state index contributed by atoms with van der Waals surface area (Å²) < 4.78 is 4.55. The predicted octanol–water partition coefficient (Wildman–Crippen LogP) is -0.180. The fraction of sp³-hybridized carbons (Fsp3) is 0.833. The summed E-state index contributed by atoms with van der Waals surface area (Å²) in [5, 5.41) is 3.30. The molecule has 0 aromatic rings. The van der Waals surface area contributed by atoms with E-state index in [4.69, 9.17) is 0 Å². The first kappa shape index (κ1) is 7.88. The van der Waals surface area contributed by atoms with Crippen molar-refractivity contribution >= 4 is 18.6 Å². The van der Waals surface area contributed by atoms with Gasteiger partial charge in [-0.15, -0.1) is 0 Å². The second-order valence-electron chi connectivity index (χ2n) is 2.37. The third-order valence-electron chi connectivity index (χ3n) is 1.59. The van der Waals surface area contributed by atoms with Crippen LogP contribution < -0.4 is 5.32 Å². The molecule has 1 heterocycles. The van der Waals surface area contributed by atoms with E-state index in [9.17, 15) is 4.79 Å². The average molecular weight is 161 g/mol. The summed E-state index contributed by atoms with van der Waals surface area (Å²) in [6.07, 6.45) is 0.774. The lowest BCUT2D eigenvalue weighted by Crippen LogP contribution is -2.31. The molecule has 1 N–H and O–H groups in total. The van der Waals surface area contributed by atoms with E-state index in [1.165, 1.54) is 7.11 Å². The van der Waals surface area contributed by atoms with E-state index in [2.05, 4.69) is 22.7 Å². The van der Waals surface area contributed by atoms with Crippen LogP contribution in [0.3, 0.4) is 0 Å². The number of hydrogen-bond acceptors (Lipinski definition) is 4. The van der Waals surface area contributed by atoms with Gasteiger partial charge in [-0.05, 0) is 6.42 Å². The van der Waals surface area contributed by atoms with Gasteiger partial charge in [0.25, 0.3) is 0 Å². The van der Waals surface area contributed by atoms with Crippen LogP contribution in [0.5, 0.6) is 0 Å². The Bertz CT molecular complexity index is 140. The van der Waals surface area contributed by atoms with Crippen molar-refractivity contribution in [2.24, 2.45) is 0 Å². The van der Waals surface area contributed by atoms with Crippen molar-refractivity contribution in [2.45, 2.75) is 17.7 Å². The molecule has 0 bridgehead atoms. The zero-order valence-electron chi connectivity index (χ0n) is 5.83. The van der Waals surface area contributed by atoms with Gasteiger partial charge in [0.2, 0.25) is 0 Å². The second kappa shape index (κ2) is 3.25. The van der Waals surface area contributed by atoms with Gasteiger partial charge in [0.05, 0.1) is 7.11 Å². The maximum Gasteiger partial charge on any atom is 0.322 e. The van der Waals surface area contributed by atoms with Gasteiger partial charge in [0.15, 0.2) is 0 Å². The highest BCUT2D eigenvalue weighted by molar-refractivity contribution is 7.81. The van der Waals surface area contributed by atoms with E-state index in [0.29, 0.717) is 5.25 Å². The molecular weight excluding hydrogens is 150 g/mol. The van der Waals surface area contributed by atoms with Crippen LogP contribution in [0, 0.1) is 0 Å². The Morgan fingerprint density at radius 2 is 2.50 bits per heavy atom. The van der Waals surface area contributed by atoms with Gasteiger partial charge in [-0.3, -0.25) is 4.79 Å². The lowest BCUT2D eigenvalue weighted by atomic mass is 10.2. The molecule has 0 spiro atoms. The number of carbonyl (C=O) groups is 1. The Balaban J connectivity index is 2.37. The molecule has 0 aromatic carbocycles. The van der Waals surface area contributed by atoms with Crippen LogP contribution in [-0.4, -0.2) is 30.9 Å². The Hall–Kier alpha value is -0.220. The molecule has 1 aliphatic rings. The molecule has 1 saturated heterocycles. The molecular formula is C6H11NO2S. The summed E-state index contributed by atoms with van der Waals surface area (Å²) in [7, 11) is 1.40. The van der Waals surface area contributed by atoms with Crippen LogP contribution in [0.4, 0.5) is 0 Å². The van der Waals surface area contributed by atoms with E-state index in [-0.39, 0.29) is 12.0 Å². The van der Waals surface area contributed by atoms with Gasteiger partial charge in [-0.25, -0.2) is 0 Å². The number of nitrogens with one attached hydrogen (secondary N) is 1. The fourth-order valence-electron chi connectivity index (χ4n) is 1.04. The average Bonchev–Trinajstić information content (AvgIpc) is 2.34. The van der Waals surface area contributed by atoms with Crippen molar-refractivity contribution in [3.63, 3.8) is 0 Å². The zero-order chi connectivity index (χ0) is 7.56. The molecule has 0 aliphatic carbocycles. The highest BCUT2D eigenvalue weighted by Gasteiger charge is 2.27. The first-order chi connectivity index (χ1) is 4.74. The largest absolute Gasteiger partial charge is 0.468 e. The summed E-state index contributed by atoms with van der Waals surface area (Å²) in [5.41, 5.74) is 0. The highest BCUT2D eigenvalue weighted by atomic mass is 32.1. The Labute approximate surface area is 65.5 Å². The molecule has 1 aliphatic heterocycles. The normalized spacial score (nSPS) is 32.2. The van der Waals surface area contributed by atoms with Gasteiger partial charge in [-0.1, -0.05) is 0 Å². The van der Waals surface area contributed by atoms with Crippen molar-refractivity contribution in [3.8, 4) is 0 Å². The van der Waals surface area contributed by atoms with Crippen LogP contribution in [0.2, 0.25) is 0 Å². The lowest BCUT2D eigenvalue weighted by Gasteiger charge is -2.05. The monoisotopic (exact) mass is 161 g/mol. The van der Waals surface area contributed by atoms with Gasteiger partial charge >= 0.3 is 5.97 Å². The molecule has 10 heavy (non-hydrogen) atoms. The molecule has 0 radical (unpaired) electrons. The van der Waals surface area contributed by atoms with Crippen molar-refractivity contribution < 1.29 is 9.53 Å². The fourth-order valence-corrected chi connectivity index (χ4v) is 1.36. The summed E-state index contributed by atoms with van der Waals surface area (Å²) >= 11 is 4.21. The Kier molecular flexibility index (Phi) is 2.56. The van der Waals surface area contributed by atoms with Crippen molar-refractivity contribution in [2.75, 3.05) is 13.7 Å². The first-order valence-corrected chi connectivity index (χ1v) is 3.75. The van der Waals surface area contributed by atoms with E-state index >= 15 is 0 Å². The standard InChI is InChI=1S/C6H11NO2S/c1-9-6(8)5-2-4(10)3-7-5/h4-5,7,10H,2-3H2,1H3/t4?,5-/m0/s1. The molecule has 1 fully saturated rings. The zero-order valence-corrected chi connectivity index (χ0v) is 6.73. The third kappa shape index (κ3) is 1.64. The Morgan fingerprint density at radius 1 is 1.80 bits per heavy atom. The number of carbonyl (C=O) groups excluding carboxylic acids is 1. The van der Waals surface area contributed by atoms with Gasteiger partial charge in [-0.2, -0.15) is 12.6 Å². The molecule has 0 saturated carbocycles. The number of rotatable bonds is 1. The second-order valence-corrected chi connectivity index (χ2v) is 3.10. The number of esters is 1. The van der Waals surface area contributed by atoms with Crippen molar-refractivity contribution in [1.29, 1.82) is 0 Å². The molecule has 58 valence electrons. The van der Waals surface area contributed by atoms with E-state index in [0.717, 1.165) is 13.0 Å². The molecule has 4 heteroatoms. The number of thiol groups is 1. The van der Waals surface area contributed by atoms with Crippen LogP contribution in [0.15, 0.2) is 0 Å². The Morgan fingerprint density at radius 3 is 2.90 bits per heavy atom. The topological polar surface area (TPSA) is 38.3 Å². The minimum atomic E-state index is -0.184. The smallest absolute Gasteiger partial charge is 0.322 e. The quantitative estimate of drug-likeness (QED) is 0.414. The SMILES string of the molecule is COC(=O)[C@@H]1CC(S)CN1. The number of ether oxygens (including phenoxy) is 1. The van der Waals surface area contributed by atoms with Gasteiger partial charge < -0.3 is 10.1 Å². The van der Waals surface area contributed by atoms with Gasteiger partial charge in [0, 0.05) is 11.8 Å². The molecule has 1 unspecified atom stereocenters. The van der Waals surface area contributed by atoms with Crippen molar-refractivity contribution in [1.82, 2.24) is 5.32 Å². The molecule has 2 atom stereocenters. The minimum Gasteiger partial charge on any atom is -0.468 e. The summed E-state index contributed by atoms with van der Waals surface area (Å²) in [6.45, 7) is 0.795. The van der Waals surface area contributed by atoms with Crippen LogP contribution >= 0.6 is 12.6 Å². The minimum absolute atomic E-state index is 0.132. The maximum absolute atomic E-state index is 10.8. The third-order valence-corrected chi connectivity index (χ3v) is 1.99. The molecule has 3 nitrogen and oxygen atoms in total. The number of methoxy groups -OCH3 is 1. The van der Waals surface area contributed by atoms with Crippen LogP contribution in [-0.2, 0) is 9.53 Å². The highest BCUT2D eigenvalue weighted by Crippen LogP contribution is 2.12. The summed E-state index contributed by atoms with van der Waals surface area (Å²) in [5.74, 6) is -0.184. The molecule has 0 amide bonds. The van der Waals surface area contributed by atoms with Gasteiger partial charge in [0.1, 0.15) is 6.04 Å². The summed E-state index contributed by atoms with van der Waals surface area (Å²) in [6, 6.07) is -0.132. The maximum atomic E-state index is 10.8. The van der Waals surface area contributed by atoms with Crippen molar-refractivity contribution in [3.05, 3.63) is 0 Å². The molecule has 1 rings (SSSR count). The van der Waals surface area contributed by atoms with Crippen LogP contribution in [0.1, 0.15) is 6.42 Å². The summed E-state index contributed by atoms with van der Waals surface area (Å²) in [4.78, 5) is 10.8. The van der Waals surface area contributed by atoms with E-state index in [1.54, 1.807) is 0 Å². The lowest BCUT2D eigenvalue weighted by molar-refractivity contribution is -0.142. The first-order valence-electron chi connectivity index (χ1n) is 3.23. The van der Waals surface area contributed by atoms with Crippen LogP contribution in [0.25, 0.3) is 0 Å².